The molecule has 1 fully saturated rings. The van der Waals surface area contributed by atoms with Gasteiger partial charge < -0.3 is 10.6 Å². The summed E-state index contributed by atoms with van der Waals surface area (Å²) < 4.78 is 40.7. The van der Waals surface area contributed by atoms with Crippen LogP contribution < -0.4 is 10.6 Å². The van der Waals surface area contributed by atoms with Gasteiger partial charge in [0, 0.05) is 24.8 Å². The second-order valence-corrected chi connectivity index (χ2v) is 6.97. The minimum absolute atomic E-state index is 0.164. The number of alkyl halides is 3. The molecule has 0 spiro atoms. The van der Waals surface area contributed by atoms with Gasteiger partial charge in [0.15, 0.2) is 5.82 Å². The molecule has 7 nitrogen and oxygen atoms in total. The van der Waals surface area contributed by atoms with Gasteiger partial charge in [-0.2, -0.15) is 28.2 Å². The van der Waals surface area contributed by atoms with Crippen molar-refractivity contribution < 1.29 is 13.2 Å². The summed E-state index contributed by atoms with van der Waals surface area (Å²) >= 11 is 0. The Morgan fingerprint density at radius 2 is 1.93 bits per heavy atom. The van der Waals surface area contributed by atoms with E-state index in [-0.39, 0.29) is 17.6 Å². The topological polar surface area (TPSA) is 80.5 Å². The van der Waals surface area contributed by atoms with Crippen molar-refractivity contribution in [2.24, 2.45) is 7.05 Å². The first kappa shape index (κ1) is 19.3. The minimum atomic E-state index is -4.42. The number of aromatic nitrogens is 5. The highest BCUT2D eigenvalue weighted by molar-refractivity contribution is 5.59. The lowest BCUT2D eigenvalue weighted by atomic mass is 9.97. The summed E-state index contributed by atoms with van der Waals surface area (Å²) in [5, 5.41) is 10.4. The maximum absolute atomic E-state index is 13.0. The van der Waals surface area contributed by atoms with Crippen LogP contribution >= 0.6 is 0 Å². The molecule has 0 saturated carbocycles. The van der Waals surface area contributed by atoms with E-state index in [0.717, 1.165) is 43.6 Å². The zero-order valence-electron chi connectivity index (χ0n) is 15.7. The predicted molar refractivity (Wildman–Crippen MR) is 102 cm³/mol. The van der Waals surface area contributed by atoms with Crippen LogP contribution in [0.2, 0.25) is 0 Å². The zero-order chi connectivity index (χ0) is 20.4. The van der Waals surface area contributed by atoms with E-state index in [4.69, 9.17) is 0 Å². The van der Waals surface area contributed by atoms with Gasteiger partial charge in [0.25, 0.3) is 0 Å². The lowest BCUT2D eigenvalue weighted by molar-refractivity contribution is -0.137. The molecule has 0 aliphatic carbocycles. The Hall–Kier alpha value is -3.01. The third kappa shape index (κ3) is 4.53. The molecule has 1 saturated heterocycles. The Morgan fingerprint density at radius 3 is 2.62 bits per heavy atom. The SMILES string of the molecule is Cn1cc(-c2nc(Nc3cccc(C(F)(F)F)c3)nc(C3CCNCC3)n2)cn1. The first-order valence-corrected chi connectivity index (χ1v) is 9.28. The fourth-order valence-electron chi connectivity index (χ4n) is 3.28. The first-order chi connectivity index (χ1) is 13.9. The number of benzene rings is 1. The molecule has 4 rings (SSSR count). The molecule has 3 aromatic rings. The van der Waals surface area contributed by atoms with Gasteiger partial charge in [0.05, 0.1) is 17.3 Å². The Labute approximate surface area is 165 Å². The average molecular weight is 403 g/mol. The molecule has 0 radical (unpaired) electrons. The molecule has 29 heavy (non-hydrogen) atoms. The number of aryl methyl sites for hydroxylation is 1. The van der Waals surface area contributed by atoms with Crippen LogP contribution in [0.1, 0.15) is 30.1 Å². The van der Waals surface area contributed by atoms with Gasteiger partial charge in [0.1, 0.15) is 5.82 Å². The van der Waals surface area contributed by atoms with Gasteiger partial charge >= 0.3 is 6.18 Å². The van der Waals surface area contributed by atoms with Crippen LogP contribution in [-0.2, 0) is 13.2 Å². The van der Waals surface area contributed by atoms with E-state index in [1.54, 1.807) is 30.2 Å². The maximum Gasteiger partial charge on any atom is 0.416 e. The van der Waals surface area contributed by atoms with Crippen molar-refractivity contribution in [2.75, 3.05) is 18.4 Å². The molecule has 2 aromatic heterocycles. The minimum Gasteiger partial charge on any atom is -0.324 e. The van der Waals surface area contributed by atoms with Crippen molar-refractivity contribution in [3.63, 3.8) is 0 Å². The number of hydrogen-bond donors (Lipinski definition) is 2. The first-order valence-electron chi connectivity index (χ1n) is 9.28. The molecular formula is C19H20F3N7. The summed E-state index contributed by atoms with van der Waals surface area (Å²) in [4.78, 5) is 13.5. The molecule has 0 amide bonds. The predicted octanol–water partition coefficient (Wildman–Crippen LogP) is 3.50. The van der Waals surface area contributed by atoms with Crippen molar-refractivity contribution in [1.82, 2.24) is 30.0 Å². The van der Waals surface area contributed by atoms with Crippen molar-refractivity contribution >= 4 is 11.6 Å². The summed E-state index contributed by atoms with van der Waals surface area (Å²) in [5.41, 5.74) is 0.249. The van der Waals surface area contributed by atoms with Crippen molar-refractivity contribution in [3.05, 3.63) is 48.0 Å². The zero-order valence-corrected chi connectivity index (χ0v) is 15.7. The van der Waals surface area contributed by atoms with E-state index in [1.807, 2.05) is 0 Å². The molecule has 1 aromatic carbocycles. The van der Waals surface area contributed by atoms with Crippen molar-refractivity contribution in [2.45, 2.75) is 24.9 Å². The van der Waals surface area contributed by atoms with Gasteiger partial charge in [-0.1, -0.05) is 6.07 Å². The highest BCUT2D eigenvalue weighted by Gasteiger charge is 2.30. The van der Waals surface area contributed by atoms with E-state index in [1.165, 1.54) is 6.07 Å². The summed E-state index contributed by atoms with van der Waals surface area (Å²) in [5.74, 6) is 1.45. The number of nitrogens with zero attached hydrogens (tertiary/aromatic N) is 5. The van der Waals surface area contributed by atoms with Gasteiger partial charge in [-0.15, -0.1) is 0 Å². The fraction of sp³-hybridized carbons (Fsp3) is 0.368. The van der Waals surface area contributed by atoms with Crippen LogP contribution in [0.15, 0.2) is 36.7 Å². The van der Waals surface area contributed by atoms with Gasteiger partial charge in [0.2, 0.25) is 5.95 Å². The molecule has 2 N–H and O–H groups in total. The van der Waals surface area contributed by atoms with Crippen LogP contribution in [0, 0.1) is 0 Å². The maximum atomic E-state index is 13.0. The van der Waals surface area contributed by atoms with Crippen molar-refractivity contribution in [3.8, 4) is 11.4 Å². The largest absolute Gasteiger partial charge is 0.416 e. The lowest BCUT2D eigenvalue weighted by Crippen LogP contribution is -2.27. The summed E-state index contributed by atoms with van der Waals surface area (Å²) in [6.07, 6.45) is 0.794. The molecule has 0 bridgehead atoms. The van der Waals surface area contributed by atoms with Crippen LogP contribution in [0.25, 0.3) is 11.4 Å². The van der Waals surface area contributed by atoms with Gasteiger partial charge in [-0.3, -0.25) is 4.68 Å². The number of anilines is 2. The molecule has 10 heteroatoms. The summed E-state index contributed by atoms with van der Waals surface area (Å²) in [7, 11) is 1.79. The highest BCUT2D eigenvalue weighted by Crippen LogP contribution is 2.31. The van der Waals surface area contributed by atoms with Crippen LogP contribution in [0.5, 0.6) is 0 Å². The molecule has 0 unspecified atom stereocenters. The van der Waals surface area contributed by atoms with E-state index in [9.17, 15) is 13.2 Å². The van der Waals surface area contributed by atoms with E-state index >= 15 is 0 Å². The molecule has 1 aliphatic heterocycles. The molecule has 0 atom stereocenters. The average Bonchev–Trinajstić information content (AvgIpc) is 3.14. The lowest BCUT2D eigenvalue weighted by Gasteiger charge is -2.22. The van der Waals surface area contributed by atoms with Gasteiger partial charge in [-0.05, 0) is 44.1 Å². The highest BCUT2D eigenvalue weighted by atomic mass is 19.4. The standard InChI is InChI=1S/C19H20F3N7/c1-29-11-13(10-24-29)17-26-16(12-5-7-23-8-6-12)27-18(28-17)25-15-4-2-3-14(9-15)19(20,21)22/h2-4,9-12,23H,5-8H2,1H3,(H,25,26,27,28). The number of halogens is 3. The Kier molecular flexibility index (Phi) is 5.18. The number of rotatable bonds is 4. The van der Waals surface area contributed by atoms with Crippen LogP contribution in [-0.4, -0.2) is 37.8 Å². The Balaban J connectivity index is 1.70. The molecular weight excluding hydrogens is 383 g/mol. The molecule has 1 aliphatic rings. The fourth-order valence-corrected chi connectivity index (χ4v) is 3.28. The quantitative estimate of drug-likeness (QED) is 0.694. The monoisotopic (exact) mass is 403 g/mol. The Morgan fingerprint density at radius 1 is 1.14 bits per heavy atom. The molecule has 152 valence electrons. The van der Waals surface area contributed by atoms with Crippen molar-refractivity contribution in [1.29, 1.82) is 0 Å². The van der Waals surface area contributed by atoms with Crippen LogP contribution in [0.4, 0.5) is 24.8 Å². The van der Waals surface area contributed by atoms with E-state index in [2.05, 4.69) is 30.7 Å². The normalized spacial score (nSPS) is 15.4. The molecule has 3 heterocycles. The van der Waals surface area contributed by atoms with E-state index < -0.39 is 11.7 Å². The second kappa shape index (κ2) is 7.78. The summed E-state index contributed by atoms with van der Waals surface area (Å²) in [6.45, 7) is 1.74. The van der Waals surface area contributed by atoms with Crippen LogP contribution in [0.3, 0.4) is 0 Å². The third-order valence-electron chi connectivity index (χ3n) is 4.77. The Bertz CT molecular complexity index is 993. The number of nitrogens with one attached hydrogen (secondary N) is 2. The third-order valence-corrected chi connectivity index (χ3v) is 4.77. The smallest absolute Gasteiger partial charge is 0.324 e. The van der Waals surface area contributed by atoms with Gasteiger partial charge in [-0.25, -0.2) is 4.98 Å². The number of hydrogen-bond acceptors (Lipinski definition) is 6. The number of piperidine rings is 1. The second-order valence-electron chi connectivity index (χ2n) is 6.97. The summed E-state index contributed by atoms with van der Waals surface area (Å²) in [6, 6.07) is 4.97. The van der Waals surface area contributed by atoms with E-state index in [0.29, 0.717) is 11.6 Å².